The van der Waals surface area contributed by atoms with Crippen LogP contribution in [0.5, 0.6) is 0 Å². The van der Waals surface area contributed by atoms with Crippen molar-refractivity contribution in [2.75, 3.05) is 6.61 Å². The molecule has 11 heteroatoms. The Morgan fingerprint density at radius 1 is 0.864 bits per heavy atom. The van der Waals surface area contributed by atoms with Crippen LogP contribution < -0.4 is 0 Å². The molecule has 0 bridgehead atoms. The van der Waals surface area contributed by atoms with Gasteiger partial charge in [0.2, 0.25) is 0 Å². The van der Waals surface area contributed by atoms with E-state index in [1.54, 1.807) is 0 Å². The average molecular weight is 605 g/mol. The second kappa shape index (κ2) is 10.8. The first-order valence-electron chi connectivity index (χ1n) is 15.1. The van der Waals surface area contributed by atoms with Gasteiger partial charge in [-0.05, 0) is 80.5 Å². The second-order valence-electron chi connectivity index (χ2n) is 13.3. The third-order valence-electron chi connectivity index (χ3n) is 11.1. The molecule has 1 saturated heterocycles. The summed E-state index contributed by atoms with van der Waals surface area (Å²) in [5.41, 5.74) is 0.399. The number of carbonyl (C=O) groups excluding carboxylic acids is 2. The summed E-state index contributed by atoms with van der Waals surface area (Å²) in [6.45, 7) is 6.69. The van der Waals surface area contributed by atoms with E-state index >= 15 is 0 Å². The first-order valence-corrected chi connectivity index (χ1v) is 15.1. The van der Waals surface area contributed by atoms with Crippen molar-refractivity contribution >= 4 is 23.3 Å². The van der Waals surface area contributed by atoms with Gasteiger partial charge in [0.05, 0.1) is 33.7 Å². The van der Waals surface area contributed by atoms with Crippen LogP contribution in [0, 0.1) is 42.9 Å². The number of nitro groups is 2. The first kappa shape index (κ1) is 29.9. The topological polar surface area (TPSA) is 148 Å². The highest BCUT2D eigenvalue weighted by Crippen LogP contribution is 2.64. The van der Waals surface area contributed by atoms with Crippen molar-refractivity contribution < 1.29 is 33.6 Å². The minimum Gasteiger partial charge on any atom is -0.458 e. The molecule has 0 N–H and O–H groups in total. The van der Waals surface area contributed by atoms with Crippen molar-refractivity contribution in [3.8, 4) is 0 Å². The fourth-order valence-corrected chi connectivity index (χ4v) is 8.25. The number of nitrogens with zero attached hydrogens (tertiary/aromatic N) is 2. The Kier molecular flexibility index (Phi) is 7.34. The molecule has 0 amide bonds. The summed E-state index contributed by atoms with van der Waals surface area (Å²) in [4.78, 5) is 46.9. The maximum Gasteiger partial charge on any atom is 0.338 e. The Labute approximate surface area is 254 Å². The minimum absolute atomic E-state index is 0.0572. The van der Waals surface area contributed by atoms with Gasteiger partial charge in [0.1, 0.15) is 11.7 Å². The number of fused-ring (bicyclic) bond motifs is 5. The molecule has 3 fully saturated rings. The van der Waals surface area contributed by atoms with Gasteiger partial charge in [0, 0.05) is 36.1 Å². The third-order valence-corrected chi connectivity index (χ3v) is 11.1. The molecule has 7 atom stereocenters. The number of hydrogen-bond acceptors (Lipinski definition) is 9. The zero-order valence-electron chi connectivity index (χ0n) is 25.0. The smallest absolute Gasteiger partial charge is 0.338 e. The summed E-state index contributed by atoms with van der Waals surface area (Å²) in [7, 11) is 0. The number of non-ortho nitro benzene ring substituents is 2. The Hall–Kier alpha value is -4.12. The molecule has 4 aliphatic rings. The largest absolute Gasteiger partial charge is 0.458 e. The lowest BCUT2D eigenvalue weighted by Crippen LogP contribution is -2.57. The molecular weight excluding hydrogens is 568 g/mol. The van der Waals surface area contributed by atoms with E-state index in [-0.39, 0.29) is 47.1 Å². The first-order chi connectivity index (χ1) is 20.8. The van der Waals surface area contributed by atoms with E-state index in [1.165, 1.54) is 54.1 Å². The highest BCUT2D eigenvalue weighted by molar-refractivity contribution is 5.90. The van der Waals surface area contributed by atoms with Crippen molar-refractivity contribution in [1.29, 1.82) is 0 Å². The number of allylic oxidation sites excluding steroid dienone is 1. The van der Waals surface area contributed by atoms with Gasteiger partial charge >= 0.3 is 11.9 Å². The molecule has 44 heavy (non-hydrogen) atoms. The van der Waals surface area contributed by atoms with E-state index in [2.05, 4.69) is 19.9 Å². The van der Waals surface area contributed by atoms with E-state index in [9.17, 15) is 29.8 Å². The summed E-state index contributed by atoms with van der Waals surface area (Å²) < 4.78 is 18.5. The monoisotopic (exact) mass is 604 g/mol. The van der Waals surface area contributed by atoms with E-state index < -0.39 is 32.8 Å². The van der Waals surface area contributed by atoms with Crippen LogP contribution in [0.2, 0.25) is 0 Å². The number of carbonyl (C=O) groups is 2. The van der Waals surface area contributed by atoms with Crippen LogP contribution in [0.1, 0.15) is 80.0 Å². The molecule has 0 aromatic heterocycles. The van der Waals surface area contributed by atoms with Crippen molar-refractivity contribution in [2.24, 2.45) is 22.7 Å². The molecule has 0 spiro atoms. The molecule has 2 aromatic rings. The molecular formula is C33H36N2O9. The SMILES string of the molecule is C[C@]12CC[C@H](OC(=O)c3ccc([N+](=O)[O-])cc3)CC1=CC[C@@H]1[C@@H]2CC[C@@]2(C)[C@H]1OC[C@@]2(C)OC(=O)c1ccc([N+](=O)[O-])cc1. The van der Waals surface area contributed by atoms with Gasteiger partial charge in [-0.3, -0.25) is 20.2 Å². The highest BCUT2D eigenvalue weighted by Gasteiger charge is 2.65. The molecule has 1 aliphatic heterocycles. The van der Waals surface area contributed by atoms with E-state index in [0.29, 0.717) is 17.9 Å². The molecule has 0 unspecified atom stereocenters. The van der Waals surface area contributed by atoms with Crippen molar-refractivity contribution in [1.82, 2.24) is 0 Å². The Balaban J connectivity index is 1.14. The van der Waals surface area contributed by atoms with Crippen LogP contribution in [-0.4, -0.2) is 46.2 Å². The van der Waals surface area contributed by atoms with Gasteiger partial charge < -0.3 is 14.2 Å². The summed E-state index contributed by atoms with van der Waals surface area (Å²) >= 11 is 0. The van der Waals surface area contributed by atoms with Gasteiger partial charge in [-0.1, -0.05) is 25.5 Å². The highest BCUT2D eigenvalue weighted by atomic mass is 16.6. The van der Waals surface area contributed by atoms with E-state index in [4.69, 9.17) is 14.2 Å². The van der Waals surface area contributed by atoms with Gasteiger partial charge in [0.15, 0.2) is 0 Å². The predicted octanol–water partition coefficient (Wildman–Crippen LogP) is 6.60. The van der Waals surface area contributed by atoms with Crippen LogP contribution in [0.15, 0.2) is 60.2 Å². The van der Waals surface area contributed by atoms with E-state index in [0.717, 1.165) is 32.1 Å². The van der Waals surface area contributed by atoms with Crippen molar-refractivity contribution in [3.63, 3.8) is 0 Å². The molecule has 2 aromatic carbocycles. The van der Waals surface area contributed by atoms with E-state index in [1.807, 2.05) is 6.92 Å². The number of rotatable bonds is 6. The predicted molar refractivity (Wildman–Crippen MR) is 158 cm³/mol. The Morgan fingerprint density at radius 3 is 2.05 bits per heavy atom. The summed E-state index contributed by atoms with van der Waals surface area (Å²) in [5.74, 6) is -0.367. The zero-order chi connectivity index (χ0) is 31.4. The quantitative estimate of drug-likeness (QED) is 0.154. The number of hydrogen-bond donors (Lipinski definition) is 0. The molecule has 3 aliphatic carbocycles. The lowest BCUT2D eigenvalue weighted by molar-refractivity contribution is -0.385. The molecule has 1 heterocycles. The number of benzene rings is 2. The molecule has 2 saturated carbocycles. The number of nitro benzene ring substituents is 2. The van der Waals surface area contributed by atoms with Crippen LogP contribution in [-0.2, 0) is 14.2 Å². The lowest BCUT2D eigenvalue weighted by Gasteiger charge is -2.57. The van der Waals surface area contributed by atoms with Crippen molar-refractivity contribution in [3.05, 3.63) is 91.5 Å². The normalized spacial score (nSPS) is 34.0. The number of ether oxygens (including phenoxy) is 3. The maximum absolute atomic E-state index is 13.1. The molecule has 6 rings (SSSR count). The fourth-order valence-electron chi connectivity index (χ4n) is 8.25. The average Bonchev–Trinajstić information content (AvgIpc) is 3.27. The summed E-state index contributed by atoms with van der Waals surface area (Å²) in [6.07, 6.45) is 6.79. The van der Waals surface area contributed by atoms with Crippen LogP contribution in [0.25, 0.3) is 0 Å². The maximum atomic E-state index is 13.1. The molecule has 11 nitrogen and oxygen atoms in total. The second-order valence-corrected chi connectivity index (χ2v) is 13.3. The fraction of sp³-hybridized carbons (Fsp3) is 0.515. The summed E-state index contributed by atoms with van der Waals surface area (Å²) in [6, 6.07) is 10.9. The minimum atomic E-state index is -0.851. The summed E-state index contributed by atoms with van der Waals surface area (Å²) in [5, 5.41) is 21.9. The van der Waals surface area contributed by atoms with Gasteiger partial charge in [-0.25, -0.2) is 9.59 Å². The van der Waals surface area contributed by atoms with Gasteiger partial charge in [-0.2, -0.15) is 0 Å². The van der Waals surface area contributed by atoms with Crippen LogP contribution in [0.3, 0.4) is 0 Å². The molecule has 232 valence electrons. The molecule has 0 radical (unpaired) electrons. The van der Waals surface area contributed by atoms with Gasteiger partial charge in [-0.15, -0.1) is 0 Å². The number of esters is 2. The third kappa shape index (κ3) is 4.87. The van der Waals surface area contributed by atoms with Gasteiger partial charge in [0.25, 0.3) is 11.4 Å². The Bertz CT molecular complexity index is 1540. The zero-order valence-corrected chi connectivity index (χ0v) is 25.0. The van der Waals surface area contributed by atoms with Crippen LogP contribution in [0.4, 0.5) is 11.4 Å². The Morgan fingerprint density at radius 2 is 1.45 bits per heavy atom. The van der Waals surface area contributed by atoms with Crippen molar-refractivity contribution in [2.45, 2.75) is 77.1 Å². The lowest BCUT2D eigenvalue weighted by atomic mass is 9.48. The standard InChI is InChI=1S/C33H36N2O9/c1-31-16-14-25(43-29(36)20-4-9-23(10-5-20)34(38)39)18-22(31)8-13-26-27(31)15-17-32(2)28(26)42-19-33(32,3)44-30(37)21-6-11-24(12-7-21)35(40)41/h4-12,25-28H,13-19H2,1-3H3/t25-,26+,27-,28-,31-,32-,33+/m0/s1. The van der Waals surface area contributed by atoms with Crippen LogP contribution >= 0.6 is 0 Å².